The molecule has 0 saturated heterocycles. The topological polar surface area (TPSA) is 89.1 Å². The molecule has 1 amide bonds. The first-order valence-electron chi connectivity index (χ1n) is 6.18. The van der Waals surface area contributed by atoms with Crippen molar-refractivity contribution in [2.45, 2.75) is 0 Å². The van der Waals surface area contributed by atoms with Crippen molar-refractivity contribution in [1.82, 2.24) is 15.0 Å². The molecule has 1 aromatic carbocycles. The largest absolute Gasteiger partial charge is 0.453 e. The molecule has 7 nitrogen and oxygen atoms in total. The number of imidazole rings is 1. The van der Waals surface area contributed by atoms with Crippen LogP contribution in [0.5, 0.6) is 11.6 Å². The first-order chi connectivity index (χ1) is 10.2. The van der Waals surface area contributed by atoms with Gasteiger partial charge in [-0.05, 0) is 18.2 Å². The molecule has 0 spiro atoms. The summed E-state index contributed by atoms with van der Waals surface area (Å²) in [5.41, 5.74) is 1.43. The van der Waals surface area contributed by atoms with Gasteiger partial charge in [-0.15, -0.1) is 0 Å². The minimum Gasteiger partial charge on any atom is -0.453 e. The number of methoxy groups -OCH3 is 1. The van der Waals surface area contributed by atoms with E-state index in [2.05, 4.69) is 25.0 Å². The minimum atomic E-state index is -0.584. The lowest BCUT2D eigenvalue weighted by Crippen LogP contribution is -2.11. The molecule has 0 aliphatic carbocycles. The molecule has 2 aromatic heterocycles. The summed E-state index contributed by atoms with van der Waals surface area (Å²) in [4.78, 5) is 22.4. The zero-order valence-electron chi connectivity index (χ0n) is 11.2. The lowest BCUT2D eigenvalue weighted by atomic mass is 10.3. The molecule has 21 heavy (non-hydrogen) atoms. The second-order valence-corrected chi connectivity index (χ2v) is 4.15. The third kappa shape index (κ3) is 2.92. The van der Waals surface area contributed by atoms with Crippen molar-refractivity contribution in [3.8, 4) is 11.6 Å². The molecule has 0 atom stereocenters. The van der Waals surface area contributed by atoms with Crippen LogP contribution in [-0.4, -0.2) is 28.2 Å². The van der Waals surface area contributed by atoms with Crippen LogP contribution in [0, 0.1) is 0 Å². The Balaban J connectivity index is 1.84. The number of amides is 1. The molecule has 0 aliphatic heterocycles. The number of anilines is 1. The van der Waals surface area contributed by atoms with Crippen LogP contribution in [0.25, 0.3) is 11.0 Å². The van der Waals surface area contributed by atoms with E-state index in [-0.39, 0.29) is 0 Å². The molecule has 0 radical (unpaired) electrons. The second kappa shape index (κ2) is 5.49. The van der Waals surface area contributed by atoms with E-state index >= 15 is 0 Å². The van der Waals surface area contributed by atoms with Crippen molar-refractivity contribution in [3.05, 3.63) is 42.6 Å². The summed E-state index contributed by atoms with van der Waals surface area (Å²) in [6.07, 6.45) is 1.07. The van der Waals surface area contributed by atoms with Crippen molar-refractivity contribution in [2.75, 3.05) is 12.4 Å². The van der Waals surface area contributed by atoms with Crippen molar-refractivity contribution >= 4 is 23.1 Å². The average molecular weight is 284 g/mol. The fourth-order valence-corrected chi connectivity index (χ4v) is 1.78. The molecule has 0 fully saturated rings. The Morgan fingerprint density at radius 1 is 1.29 bits per heavy atom. The summed E-state index contributed by atoms with van der Waals surface area (Å²) < 4.78 is 10.1. The third-order valence-electron chi connectivity index (χ3n) is 2.72. The van der Waals surface area contributed by atoms with E-state index in [1.165, 1.54) is 7.11 Å². The van der Waals surface area contributed by atoms with Crippen LogP contribution in [0.15, 0.2) is 42.6 Å². The molecule has 3 aromatic rings. The Hall–Kier alpha value is -3.09. The Morgan fingerprint density at radius 3 is 2.95 bits per heavy atom. The summed E-state index contributed by atoms with van der Waals surface area (Å²) in [5, 5.41) is 2.47. The fraction of sp³-hybridized carbons (Fsp3) is 0.0714. The molecule has 7 heteroatoms. The molecular formula is C14H12N4O3. The van der Waals surface area contributed by atoms with Crippen molar-refractivity contribution in [1.29, 1.82) is 0 Å². The number of hydrogen-bond donors (Lipinski definition) is 2. The number of nitrogens with zero attached hydrogens (tertiary/aromatic N) is 2. The number of nitrogens with one attached hydrogen (secondary N) is 2. The Bertz CT molecular complexity index is 770. The van der Waals surface area contributed by atoms with Gasteiger partial charge in [-0.3, -0.25) is 5.32 Å². The first kappa shape index (κ1) is 12.9. The van der Waals surface area contributed by atoms with Crippen LogP contribution in [0.3, 0.4) is 0 Å². The van der Waals surface area contributed by atoms with E-state index in [4.69, 9.17) is 4.74 Å². The first-order valence-corrected chi connectivity index (χ1v) is 6.18. The second-order valence-electron chi connectivity index (χ2n) is 4.15. The maximum atomic E-state index is 11.1. The number of ether oxygens (including phenoxy) is 2. The highest BCUT2D eigenvalue weighted by Crippen LogP contribution is 2.24. The number of carbonyl (C=O) groups is 1. The van der Waals surface area contributed by atoms with Gasteiger partial charge in [0.2, 0.25) is 11.8 Å². The monoisotopic (exact) mass is 284 g/mol. The zero-order chi connectivity index (χ0) is 14.7. The van der Waals surface area contributed by atoms with E-state index in [0.717, 1.165) is 5.52 Å². The fourth-order valence-electron chi connectivity index (χ4n) is 1.78. The predicted octanol–water partition coefficient (Wildman–Crippen LogP) is 2.93. The maximum Gasteiger partial charge on any atom is 0.413 e. The van der Waals surface area contributed by atoms with Gasteiger partial charge in [0.1, 0.15) is 5.75 Å². The van der Waals surface area contributed by atoms with Crippen molar-refractivity contribution in [2.24, 2.45) is 0 Å². The number of aromatic amines is 1. The summed E-state index contributed by atoms with van der Waals surface area (Å²) in [5.74, 6) is 1.42. The molecule has 0 aliphatic rings. The van der Waals surface area contributed by atoms with Gasteiger partial charge in [0.15, 0.2) is 0 Å². The Morgan fingerprint density at radius 2 is 2.19 bits per heavy atom. The van der Waals surface area contributed by atoms with Gasteiger partial charge in [0, 0.05) is 18.3 Å². The molecule has 2 N–H and O–H groups in total. The Kier molecular flexibility index (Phi) is 3.38. The number of benzene rings is 1. The van der Waals surface area contributed by atoms with Gasteiger partial charge < -0.3 is 14.5 Å². The molecule has 0 unspecified atom stereocenters. The summed E-state index contributed by atoms with van der Waals surface area (Å²) in [6.45, 7) is 0. The molecule has 2 heterocycles. The van der Waals surface area contributed by atoms with E-state index < -0.39 is 6.09 Å². The Labute approximate surface area is 119 Å². The van der Waals surface area contributed by atoms with Crippen LogP contribution < -0.4 is 10.1 Å². The minimum absolute atomic E-state index is 0.312. The zero-order valence-corrected chi connectivity index (χ0v) is 11.2. The molecule has 3 rings (SSSR count). The van der Waals surface area contributed by atoms with Gasteiger partial charge in [-0.25, -0.2) is 14.8 Å². The quantitative estimate of drug-likeness (QED) is 0.771. The number of aromatic nitrogens is 3. The SMILES string of the molecule is COC(=O)Nc1nc2cc(Oc3ccccn3)ccc2[nH]1. The molecule has 106 valence electrons. The van der Waals surface area contributed by atoms with Crippen LogP contribution >= 0.6 is 0 Å². The summed E-state index contributed by atoms with van der Waals surface area (Å²) in [6, 6.07) is 10.8. The van der Waals surface area contributed by atoms with Gasteiger partial charge in [0.25, 0.3) is 0 Å². The van der Waals surface area contributed by atoms with Crippen molar-refractivity contribution in [3.63, 3.8) is 0 Å². The van der Waals surface area contributed by atoms with Crippen LogP contribution in [-0.2, 0) is 4.74 Å². The lowest BCUT2D eigenvalue weighted by molar-refractivity contribution is 0.186. The van der Waals surface area contributed by atoms with Crippen molar-refractivity contribution < 1.29 is 14.3 Å². The highest BCUT2D eigenvalue weighted by atomic mass is 16.5. The van der Waals surface area contributed by atoms with E-state index in [9.17, 15) is 4.79 Å². The average Bonchev–Trinajstić information content (AvgIpc) is 2.89. The van der Waals surface area contributed by atoms with Crippen LogP contribution in [0.1, 0.15) is 0 Å². The van der Waals surface area contributed by atoms with Crippen LogP contribution in [0.4, 0.5) is 10.7 Å². The van der Waals surface area contributed by atoms with Gasteiger partial charge in [-0.1, -0.05) is 6.07 Å². The number of fused-ring (bicyclic) bond motifs is 1. The lowest BCUT2D eigenvalue weighted by Gasteiger charge is -2.03. The molecular weight excluding hydrogens is 272 g/mol. The predicted molar refractivity (Wildman–Crippen MR) is 76.4 cm³/mol. The highest BCUT2D eigenvalue weighted by molar-refractivity contribution is 5.86. The van der Waals surface area contributed by atoms with Gasteiger partial charge in [-0.2, -0.15) is 0 Å². The molecule has 0 saturated carbocycles. The number of rotatable bonds is 3. The normalized spacial score (nSPS) is 10.3. The summed E-state index contributed by atoms with van der Waals surface area (Å²) >= 11 is 0. The number of pyridine rings is 1. The van der Waals surface area contributed by atoms with E-state index in [1.807, 2.05) is 18.2 Å². The number of carbonyl (C=O) groups excluding carboxylic acids is 1. The number of H-pyrrole nitrogens is 1. The molecule has 0 bridgehead atoms. The van der Waals surface area contributed by atoms with Gasteiger partial charge >= 0.3 is 6.09 Å². The number of hydrogen-bond acceptors (Lipinski definition) is 5. The van der Waals surface area contributed by atoms with E-state index in [1.54, 1.807) is 24.4 Å². The smallest absolute Gasteiger partial charge is 0.413 e. The highest BCUT2D eigenvalue weighted by Gasteiger charge is 2.08. The maximum absolute atomic E-state index is 11.1. The van der Waals surface area contributed by atoms with Crippen LogP contribution in [0.2, 0.25) is 0 Å². The van der Waals surface area contributed by atoms with E-state index in [0.29, 0.717) is 23.1 Å². The third-order valence-corrected chi connectivity index (χ3v) is 2.72. The summed E-state index contributed by atoms with van der Waals surface area (Å²) in [7, 11) is 1.29. The standard InChI is InChI=1S/C14H12N4O3/c1-20-14(19)18-13-16-10-6-5-9(8-11(10)17-13)21-12-4-2-3-7-15-12/h2-8H,1H3,(H2,16,17,18,19). The van der Waals surface area contributed by atoms with Gasteiger partial charge in [0.05, 0.1) is 18.1 Å².